The van der Waals surface area contributed by atoms with Gasteiger partial charge in [-0.2, -0.15) is 12.6 Å². The number of likely N-dealkylation sites (N-methyl/N-ethyl adjacent to an activating group) is 1. The van der Waals surface area contributed by atoms with Crippen LogP contribution in [0.1, 0.15) is 6.42 Å². The Morgan fingerprint density at radius 1 is 1.83 bits per heavy atom. The largest absolute Gasteiger partial charge is 0.329 e. The lowest BCUT2D eigenvalue weighted by atomic mass is 10.2. The molecule has 0 aliphatic carbocycles. The molecule has 0 fully saturated rings. The van der Waals surface area contributed by atoms with Gasteiger partial charge >= 0.3 is 0 Å². The second kappa shape index (κ2) is 4.52. The molecule has 0 saturated heterocycles. The number of hydrogen-bond acceptors (Lipinski definition) is 3. The average Bonchev–Trinajstić information content (AvgIpc) is 2.09. The fraction of sp³-hybridized carbons (Fsp3) is 0.625. The van der Waals surface area contributed by atoms with Crippen molar-refractivity contribution in [3.8, 4) is 0 Å². The summed E-state index contributed by atoms with van der Waals surface area (Å²) in [6.07, 6.45) is 2.97. The van der Waals surface area contributed by atoms with Crippen molar-refractivity contribution in [3.05, 3.63) is 11.8 Å². The summed E-state index contributed by atoms with van der Waals surface area (Å²) < 4.78 is 0. The standard InChI is InChI=1S/C8H14N2OS/c1-10-4-2-7(3-5-10)9-8(11)6-12/h2,12H,3-6H2,1H3,(H,9,11). The quantitative estimate of drug-likeness (QED) is 0.606. The number of rotatable bonds is 2. The van der Waals surface area contributed by atoms with E-state index in [2.05, 4.69) is 29.9 Å². The van der Waals surface area contributed by atoms with Gasteiger partial charge in [0.2, 0.25) is 5.91 Å². The Labute approximate surface area is 78.2 Å². The molecule has 0 bridgehead atoms. The van der Waals surface area contributed by atoms with Crippen LogP contribution in [0.3, 0.4) is 0 Å². The molecule has 1 aliphatic heterocycles. The minimum absolute atomic E-state index is 0.0193. The average molecular weight is 186 g/mol. The SMILES string of the molecule is CN1CC=C(NC(=O)CS)CC1. The summed E-state index contributed by atoms with van der Waals surface area (Å²) in [6, 6.07) is 0. The third kappa shape index (κ3) is 2.87. The molecule has 0 saturated carbocycles. The van der Waals surface area contributed by atoms with Gasteiger partial charge in [0.05, 0.1) is 5.75 Å². The molecular weight excluding hydrogens is 172 g/mol. The van der Waals surface area contributed by atoms with Gasteiger partial charge in [0.25, 0.3) is 0 Å². The van der Waals surface area contributed by atoms with Crippen molar-refractivity contribution in [3.63, 3.8) is 0 Å². The van der Waals surface area contributed by atoms with Crippen LogP contribution in [0, 0.1) is 0 Å². The number of hydrogen-bond donors (Lipinski definition) is 2. The van der Waals surface area contributed by atoms with E-state index in [0.29, 0.717) is 0 Å². The molecule has 12 heavy (non-hydrogen) atoms. The van der Waals surface area contributed by atoms with Crippen molar-refractivity contribution < 1.29 is 4.79 Å². The van der Waals surface area contributed by atoms with Crippen molar-refractivity contribution in [2.24, 2.45) is 0 Å². The number of amides is 1. The van der Waals surface area contributed by atoms with Gasteiger partial charge < -0.3 is 10.2 Å². The van der Waals surface area contributed by atoms with Crippen LogP contribution in [0.2, 0.25) is 0 Å². The van der Waals surface area contributed by atoms with Crippen molar-refractivity contribution >= 4 is 18.5 Å². The second-order valence-electron chi connectivity index (χ2n) is 2.95. The van der Waals surface area contributed by atoms with Gasteiger partial charge in [-0.05, 0) is 7.05 Å². The Hall–Kier alpha value is -0.480. The molecule has 4 heteroatoms. The van der Waals surface area contributed by atoms with Gasteiger partial charge in [0.15, 0.2) is 0 Å². The van der Waals surface area contributed by atoms with E-state index in [1.54, 1.807) is 0 Å². The lowest BCUT2D eigenvalue weighted by Crippen LogP contribution is -2.31. The van der Waals surface area contributed by atoms with Gasteiger partial charge in [-0.1, -0.05) is 6.08 Å². The maximum absolute atomic E-state index is 10.9. The number of carbonyl (C=O) groups excluding carboxylic acids is 1. The predicted molar refractivity (Wildman–Crippen MR) is 52.2 cm³/mol. The molecule has 1 N–H and O–H groups in total. The molecule has 1 aliphatic rings. The van der Waals surface area contributed by atoms with Gasteiger partial charge in [0.1, 0.15) is 0 Å². The summed E-state index contributed by atoms with van der Waals surface area (Å²) in [6.45, 7) is 1.93. The van der Waals surface area contributed by atoms with E-state index in [1.807, 2.05) is 6.08 Å². The number of thiol groups is 1. The fourth-order valence-corrected chi connectivity index (χ4v) is 1.18. The topological polar surface area (TPSA) is 32.3 Å². The van der Waals surface area contributed by atoms with Crippen LogP contribution >= 0.6 is 12.6 Å². The fourth-order valence-electron chi connectivity index (χ4n) is 1.10. The van der Waals surface area contributed by atoms with E-state index in [4.69, 9.17) is 0 Å². The van der Waals surface area contributed by atoms with Gasteiger partial charge in [0, 0.05) is 25.2 Å². The molecule has 1 amide bonds. The van der Waals surface area contributed by atoms with E-state index >= 15 is 0 Å². The number of nitrogens with zero attached hydrogens (tertiary/aromatic N) is 1. The normalized spacial score (nSPS) is 18.7. The zero-order chi connectivity index (χ0) is 8.97. The molecule has 1 heterocycles. The zero-order valence-corrected chi connectivity index (χ0v) is 8.10. The smallest absolute Gasteiger partial charge is 0.233 e. The van der Waals surface area contributed by atoms with Crippen LogP contribution < -0.4 is 5.32 Å². The van der Waals surface area contributed by atoms with Crippen LogP contribution in [0.15, 0.2) is 11.8 Å². The molecule has 1 rings (SSSR count). The van der Waals surface area contributed by atoms with E-state index in [9.17, 15) is 4.79 Å². The number of nitrogens with one attached hydrogen (secondary N) is 1. The summed E-state index contributed by atoms with van der Waals surface area (Å²) in [4.78, 5) is 13.1. The van der Waals surface area contributed by atoms with Crippen LogP contribution in [0.5, 0.6) is 0 Å². The summed E-state index contributed by atoms with van der Waals surface area (Å²) in [5.74, 6) is 0.238. The highest BCUT2D eigenvalue weighted by molar-refractivity contribution is 7.81. The first-order valence-corrected chi connectivity index (χ1v) is 4.64. The van der Waals surface area contributed by atoms with Crippen LogP contribution in [0.25, 0.3) is 0 Å². The highest BCUT2D eigenvalue weighted by Gasteiger charge is 2.08. The molecule has 0 radical (unpaired) electrons. The lowest BCUT2D eigenvalue weighted by Gasteiger charge is -2.21. The molecule has 0 unspecified atom stereocenters. The van der Waals surface area contributed by atoms with E-state index in [-0.39, 0.29) is 11.7 Å². The highest BCUT2D eigenvalue weighted by Crippen LogP contribution is 2.05. The zero-order valence-electron chi connectivity index (χ0n) is 7.21. The summed E-state index contributed by atoms with van der Waals surface area (Å²) in [5, 5.41) is 2.81. The van der Waals surface area contributed by atoms with Crippen molar-refractivity contribution in [2.75, 3.05) is 25.9 Å². The first-order chi connectivity index (χ1) is 5.72. The Kier molecular flexibility index (Phi) is 3.62. The Bertz CT molecular complexity index is 203. The Morgan fingerprint density at radius 2 is 2.58 bits per heavy atom. The van der Waals surface area contributed by atoms with Crippen LogP contribution in [-0.2, 0) is 4.79 Å². The van der Waals surface area contributed by atoms with Crippen LogP contribution in [-0.4, -0.2) is 36.7 Å². The van der Waals surface area contributed by atoms with Crippen molar-refractivity contribution in [1.82, 2.24) is 10.2 Å². The minimum Gasteiger partial charge on any atom is -0.329 e. The maximum Gasteiger partial charge on any atom is 0.233 e. The maximum atomic E-state index is 10.9. The molecule has 0 aromatic rings. The van der Waals surface area contributed by atoms with Gasteiger partial charge in [-0.25, -0.2) is 0 Å². The summed E-state index contributed by atoms with van der Waals surface area (Å²) >= 11 is 3.88. The molecule has 0 aromatic carbocycles. The molecule has 3 nitrogen and oxygen atoms in total. The monoisotopic (exact) mass is 186 g/mol. The molecule has 0 atom stereocenters. The van der Waals surface area contributed by atoms with Gasteiger partial charge in [-0.15, -0.1) is 0 Å². The lowest BCUT2D eigenvalue weighted by molar-refractivity contribution is -0.117. The van der Waals surface area contributed by atoms with E-state index < -0.39 is 0 Å². The first kappa shape index (κ1) is 9.61. The minimum atomic E-state index is -0.0193. The van der Waals surface area contributed by atoms with E-state index in [0.717, 1.165) is 25.2 Å². The Morgan fingerprint density at radius 3 is 3.08 bits per heavy atom. The predicted octanol–water partition coefficient (Wildman–Crippen LogP) is 0.252. The third-order valence-corrected chi connectivity index (χ3v) is 2.14. The molecule has 0 aromatic heterocycles. The summed E-state index contributed by atoms with van der Waals surface area (Å²) in [5.41, 5.74) is 1.03. The van der Waals surface area contributed by atoms with Crippen molar-refractivity contribution in [2.45, 2.75) is 6.42 Å². The molecule has 0 spiro atoms. The second-order valence-corrected chi connectivity index (χ2v) is 3.26. The van der Waals surface area contributed by atoms with Gasteiger partial charge in [-0.3, -0.25) is 4.79 Å². The van der Waals surface area contributed by atoms with E-state index in [1.165, 1.54) is 0 Å². The molecule has 68 valence electrons. The number of carbonyl (C=O) groups is 1. The molecular formula is C8H14N2OS. The summed E-state index contributed by atoms with van der Waals surface area (Å²) in [7, 11) is 2.06. The van der Waals surface area contributed by atoms with Crippen LogP contribution in [0.4, 0.5) is 0 Å². The Balaban J connectivity index is 2.38. The first-order valence-electron chi connectivity index (χ1n) is 4.00. The highest BCUT2D eigenvalue weighted by atomic mass is 32.1. The van der Waals surface area contributed by atoms with Crippen molar-refractivity contribution in [1.29, 1.82) is 0 Å². The third-order valence-electron chi connectivity index (χ3n) is 1.86.